The molecule has 0 radical (unpaired) electrons. The molecule has 1 N–H and O–H groups in total. The lowest BCUT2D eigenvalue weighted by Crippen LogP contribution is -1.99. The molecule has 5 heteroatoms. The Labute approximate surface area is 110 Å². The second-order valence-electron chi connectivity index (χ2n) is 4.54. The topological polar surface area (TPSA) is 76.0 Å². The van der Waals surface area contributed by atoms with Gasteiger partial charge in [0, 0.05) is 24.2 Å². The molecule has 1 aromatic carbocycles. The molecule has 19 heavy (non-hydrogen) atoms. The molecule has 0 amide bonds. The Morgan fingerprint density at radius 1 is 1.37 bits per heavy atom. The van der Waals surface area contributed by atoms with Crippen LogP contribution in [0, 0.1) is 10.1 Å². The number of unbranched alkanes of at least 4 members (excludes halogenated alkanes) is 2. The van der Waals surface area contributed by atoms with Gasteiger partial charge >= 0.3 is 0 Å². The molecule has 0 aliphatic rings. The Hall–Kier alpha value is -2.17. The van der Waals surface area contributed by atoms with Crippen molar-refractivity contribution in [2.24, 2.45) is 0 Å². The number of ketones is 1. The van der Waals surface area contributed by atoms with E-state index in [1.807, 2.05) is 0 Å². The first kappa shape index (κ1) is 13.3. The quantitative estimate of drug-likeness (QED) is 0.371. The van der Waals surface area contributed by atoms with Gasteiger partial charge in [-0.3, -0.25) is 14.9 Å². The molecule has 0 saturated carbocycles. The summed E-state index contributed by atoms with van der Waals surface area (Å²) in [5.41, 5.74) is 1.05. The van der Waals surface area contributed by atoms with Crippen LogP contribution < -0.4 is 0 Å². The van der Waals surface area contributed by atoms with Gasteiger partial charge in [-0.2, -0.15) is 0 Å². The van der Waals surface area contributed by atoms with Gasteiger partial charge < -0.3 is 4.98 Å². The van der Waals surface area contributed by atoms with Gasteiger partial charge in [0.25, 0.3) is 5.69 Å². The van der Waals surface area contributed by atoms with Crippen molar-refractivity contribution in [1.82, 2.24) is 4.98 Å². The molecule has 0 fully saturated rings. The average Bonchev–Trinajstić information content (AvgIpc) is 2.82. The van der Waals surface area contributed by atoms with Gasteiger partial charge in [0.1, 0.15) is 0 Å². The minimum absolute atomic E-state index is 0.0161. The molecule has 1 aromatic heterocycles. The van der Waals surface area contributed by atoms with Crippen molar-refractivity contribution in [1.29, 1.82) is 0 Å². The van der Waals surface area contributed by atoms with E-state index in [4.69, 9.17) is 0 Å². The number of H-pyrrole nitrogens is 1. The number of non-ortho nitro benzene ring substituents is 1. The first-order valence-electron chi connectivity index (χ1n) is 6.42. The monoisotopic (exact) mass is 260 g/mol. The minimum atomic E-state index is -0.445. The van der Waals surface area contributed by atoms with Crippen LogP contribution in [0.15, 0.2) is 24.4 Å². The number of aromatic amines is 1. The molecule has 1 heterocycles. The number of nitro benzene ring substituents is 1. The summed E-state index contributed by atoms with van der Waals surface area (Å²) >= 11 is 0. The third kappa shape index (κ3) is 2.65. The van der Waals surface area contributed by atoms with Crippen LogP contribution in [0.2, 0.25) is 0 Å². The van der Waals surface area contributed by atoms with Crippen LogP contribution in [0.4, 0.5) is 5.69 Å². The lowest BCUT2D eigenvalue weighted by atomic mass is 10.0. The molecular formula is C14H16N2O3. The number of benzene rings is 1. The van der Waals surface area contributed by atoms with Gasteiger partial charge in [-0.1, -0.05) is 25.8 Å². The summed E-state index contributed by atoms with van der Waals surface area (Å²) in [7, 11) is 0. The van der Waals surface area contributed by atoms with E-state index >= 15 is 0 Å². The Morgan fingerprint density at radius 2 is 2.16 bits per heavy atom. The van der Waals surface area contributed by atoms with Crippen LogP contribution in [0.3, 0.4) is 0 Å². The maximum Gasteiger partial charge on any atom is 0.279 e. The molecule has 0 unspecified atom stereocenters. The zero-order valence-corrected chi connectivity index (χ0v) is 10.8. The number of carbonyl (C=O) groups is 1. The van der Waals surface area contributed by atoms with E-state index in [2.05, 4.69) is 11.9 Å². The van der Waals surface area contributed by atoms with Crippen molar-refractivity contribution in [2.75, 3.05) is 0 Å². The summed E-state index contributed by atoms with van der Waals surface area (Å²) in [5, 5.41) is 11.5. The number of hydrogen-bond donors (Lipinski definition) is 1. The summed E-state index contributed by atoms with van der Waals surface area (Å²) in [6, 6.07) is 4.78. The van der Waals surface area contributed by atoms with Crippen LogP contribution >= 0.6 is 0 Å². The van der Waals surface area contributed by atoms with Crippen molar-refractivity contribution in [3.8, 4) is 0 Å². The van der Waals surface area contributed by atoms with Crippen molar-refractivity contribution in [2.45, 2.75) is 32.6 Å². The fraction of sp³-hybridized carbons (Fsp3) is 0.357. The van der Waals surface area contributed by atoms with Crippen LogP contribution in [0.5, 0.6) is 0 Å². The molecule has 2 aromatic rings. The van der Waals surface area contributed by atoms with Crippen LogP contribution in [0.25, 0.3) is 10.9 Å². The Kier molecular flexibility index (Phi) is 3.94. The predicted octanol–water partition coefficient (Wildman–Crippen LogP) is 3.84. The molecule has 2 rings (SSSR count). The van der Waals surface area contributed by atoms with E-state index in [-0.39, 0.29) is 11.5 Å². The SMILES string of the molecule is CCCCCC(=O)c1c[nH]c2cccc([N+](=O)[O-])c12. The number of nitrogens with one attached hydrogen (secondary N) is 1. The maximum absolute atomic E-state index is 12.1. The van der Waals surface area contributed by atoms with Crippen molar-refractivity contribution in [3.05, 3.63) is 40.1 Å². The third-order valence-corrected chi connectivity index (χ3v) is 3.19. The van der Waals surface area contributed by atoms with E-state index in [1.54, 1.807) is 18.3 Å². The smallest absolute Gasteiger partial charge is 0.279 e. The second-order valence-corrected chi connectivity index (χ2v) is 4.54. The zero-order chi connectivity index (χ0) is 13.8. The van der Waals surface area contributed by atoms with Crippen LogP contribution in [-0.2, 0) is 0 Å². The van der Waals surface area contributed by atoms with Crippen molar-refractivity contribution < 1.29 is 9.72 Å². The van der Waals surface area contributed by atoms with Crippen LogP contribution in [-0.4, -0.2) is 15.7 Å². The largest absolute Gasteiger partial charge is 0.360 e. The van der Waals surface area contributed by atoms with Gasteiger partial charge in [0.05, 0.1) is 15.8 Å². The Bertz CT molecular complexity index is 616. The standard InChI is InChI=1S/C14H16N2O3/c1-2-3-4-8-13(17)10-9-15-11-6-5-7-12(14(10)11)16(18)19/h5-7,9,15H,2-4,8H2,1H3. The molecule has 0 saturated heterocycles. The van der Waals surface area contributed by atoms with Gasteiger partial charge in [-0.05, 0) is 12.5 Å². The van der Waals surface area contributed by atoms with E-state index in [1.165, 1.54) is 6.07 Å². The highest BCUT2D eigenvalue weighted by molar-refractivity contribution is 6.10. The van der Waals surface area contributed by atoms with E-state index < -0.39 is 4.92 Å². The maximum atomic E-state index is 12.1. The normalized spacial score (nSPS) is 10.8. The fourth-order valence-corrected chi connectivity index (χ4v) is 2.21. The first-order valence-corrected chi connectivity index (χ1v) is 6.42. The van der Waals surface area contributed by atoms with Gasteiger partial charge in [0.15, 0.2) is 5.78 Å². The number of rotatable bonds is 6. The Morgan fingerprint density at radius 3 is 2.84 bits per heavy atom. The molecular weight excluding hydrogens is 244 g/mol. The summed E-state index contributed by atoms with van der Waals surface area (Å²) in [6.45, 7) is 2.07. The Balaban J connectivity index is 2.38. The summed E-state index contributed by atoms with van der Waals surface area (Å²) in [6.07, 6.45) is 4.87. The molecule has 5 nitrogen and oxygen atoms in total. The van der Waals surface area contributed by atoms with Gasteiger partial charge in [0.2, 0.25) is 0 Å². The molecule has 0 spiro atoms. The summed E-state index contributed by atoms with van der Waals surface area (Å²) < 4.78 is 0. The highest BCUT2D eigenvalue weighted by atomic mass is 16.6. The molecule has 0 atom stereocenters. The summed E-state index contributed by atoms with van der Waals surface area (Å²) in [5.74, 6) is -0.0333. The average molecular weight is 260 g/mol. The fourth-order valence-electron chi connectivity index (χ4n) is 2.21. The second kappa shape index (κ2) is 5.65. The van der Waals surface area contributed by atoms with Crippen molar-refractivity contribution >= 4 is 22.4 Å². The minimum Gasteiger partial charge on any atom is -0.360 e. The highest BCUT2D eigenvalue weighted by Crippen LogP contribution is 2.29. The lowest BCUT2D eigenvalue weighted by molar-refractivity contribution is -0.383. The van der Waals surface area contributed by atoms with Gasteiger partial charge in [-0.25, -0.2) is 0 Å². The highest BCUT2D eigenvalue weighted by Gasteiger charge is 2.20. The van der Waals surface area contributed by atoms with E-state index in [9.17, 15) is 14.9 Å². The number of Topliss-reactive ketones (excluding diaryl/α,β-unsaturated/α-hetero) is 1. The number of nitrogens with zero attached hydrogens (tertiary/aromatic N) is 1. The number of aromatic nitrogens is 1. The van der Waals surface area contributed by atoms with Crippen molar-refractivity contribution in [3.63, 3.8) is 0 Å². The third-order valence-electron chi connectivity index (χ3n) is 3.19. The predicted molar refractivity (Wildman–Crippen MR) is 73.4 cm³/mol. The van der Waals surface area contributed by atoms with Gasteiger partial charge in [-0.15, -0.1) is 0 Å². The van der Waals surface area contributed by atoms with Crippen LogP contribution in [0.1, 0.15) is 43.0 Å². The molecule has 0 aliphatic heterocycles. The lowest BCUT2D eigenvalue weighted by Gasteiger charge is -2.00. The number of fused-ring (bicyclic) bond motifs is 1. The first-order chi connectivity index (χ1) is 9.15. The molecule has 0 bridgehead atoms. The molecule has 0 aliphatic carbocycles. The van der Waals surface area contributed by atoms with E-state index in [0.29, 0.717) is 22.9 Å². The molecule has 100 valence electrons. The number of nitro groups is 1. The number of hydrogen-bond acceptors (Lipinski definition) is 3. The van der Waals surface area contributed by atoms with E-state index in [0.717, 1.165) is 19.3 Å². The number of carbonyl (C=O) groups excluding carboxylic acids is 1. The zero-order valence-electron chi connectivity index (χ0n) is 10.8. The summed E-state index contributed by atoms with van der Waals surface area (Å²) in [4.78, 5) is 25.6.